The van der Waals surface area contributed by atoms with Gasteiger partial charge in [0.25, 0.3) is 21.4 Å². The summed E-state index contributed by atoms with van der Waals surface area (Å²) in [7, 11) is -4.05. The van der Waals surface area contributed by atoms with E-state index >= 15 is 0 Å². The van der Waals surface area contributed by atoms with Gasteiger partial charge in [0.15, 0.2) is 0 Å². The number of fused-ring (bicyclic) bond motifs is 1. The number of rotatable bonds is 4. The summed E-state index contributed by atoms with van der Waals surface area (Å²) < 4.78 is 26.4. The molecule has 0 unspecified atom stereocenters. The SMILES string of the molecule is Cc1ccc(S(=O)(=O)n2ccc3c([N+](=O)[O-])cc([N+](=O)[O-])cc32)cc1. The maximum absolute atomic E-state index is 12.8. The molecule has 3 rings (SSSR count). The molecule has 0 bridgehead atoms. The summed E-state index contributed by atoms with van der Waals surface area (Å²) in [6.45, 7) is 1.80. The highest BCUT2D eigenvalue weighted by molar-refractivity contribution is 7.90. The van der Waals surface area contributed by atoms with E-state index in [0.717, 1.165) is 27.9 Å². The first-order valence-electron chi connectivity index (χ1n) is 6.98. The smallest absolute Gasteiger partial charge is 0.258 e. The quantitative estimate of drug-likeness (QED) is 0.519. The van der Waals surface area contributed by atoms with E-state index in [0.29, 0.717) is 0 Å². The topological polar surface area (TPSA) is 125 Å². The molecular weight excluding hydrogens is 350 g/mol. The van der Waals surface area contributed by atoms with Crippen LogP contribution in [0, 0.1) is 27.2 Å². The number of aryl methyl sites for hydroxylation is 1. The zero-order chi connectivity index (χ0) is 18.4. The molecule has 0 radical (unpaired) electrons. The Kier molecular flexibility index (Phi) is 3.76. The summed E-state index contributed by atoms with van der Waals surface area (Å²) in [4.78, 5) is 20.6. The van der Waals surface area contributed by atoms with E-state index in [4.69, 9.17) is 0 Å². The van der Waals surface area contributed by atoms with Crippen molar-refractivity contribution < 1.29 is 18.3 Å². The van der Waals surface area contributed by atoms with Crippen molar-refractivity contribution in [1.29, 1.82) is 0 Å². The van der Waals surface area contributed by atoms with E-state index in [1.165, 1.54) is 18.2 Å². The van der Waals surface area contributed by atoms with Crippen LogP contribution in [0.4, 0.5) is 11.4 Å². The van der Waals surface area contributed by atoms with Crippen molar-refractivity contribution in [2.45, 2.75) is 11.8 Å². The zero-order valence-corrected chi connectivity index (χ0v) is 13.6. The van der Waals surface area contributed by atoms with E-state index in [2.05, 4.69) is 0 Å². The molecule has 25 heavy (non-hydrogen) atoms. The second-order valence-corrected chi connectivity index (χ2v) is 7.16. The second kappa shape index (κ2) is 5.67. The van der Waals surface area contributed by atoms with E-state index in [9.17, 15) is 28.6 Å². The molecule has 3 aromatic rings. The third-order valence-corrected chi connectivity index (χ3v) is 5.42. The standard InChI is InChI=1S/C15H11N3O6S/c1-10-2-4-12(5-3-10)25(23,24)16-7-6-13-14(16)8-11(17(19)20)9-15(13)18(21)22/h2-9H,1H3. The molecule has 0 atom stereocenters. The van der Waals surface area contributed by atoms with Gasteiger partial charge in [0.1, 0.15) is 0 Å². The minimum atomic E-state index is -4.05. The molecule has 9 nitrogen and oxygen atoms in total. The van der Waals surface area contributed by atoms with Crippen LogP contribution in [0.5, 0.6) is 0 Å². The second-order valence-electron chi connectivity index (χ2n) is 5.34. The van der Waals surface area contributed by atoms with Crippen LogP contribution in [0.3, 0.4) is 0 Å². The van der Waals surface area contributed by atoms with Gasteiger partial charge in [-0.2, -0.15) is 0 Å². The van der Waals surface area contributed by atoms with Crippen LogP contribution in [0.2, 0.25) is 0 Å². The van der Waals surface area contributed by atoms with Gasteiger partial charge in [0.05, 0.1) is 31.7 Å². The number of nitro groups is 2. The number of hydrogen-bond acceptors (Lipinski definition) is 6. The molecule has 10 heteroatoms. The molecule has 1 aromatic heterocycles. The molecule has 128 valence electrons. The highest BCUT2D eigenvalue weighted by Gasteiger charge is 2.26. The first-order valence-corrected chi connectivity index (χ1v) is 8.42. The maximum Gasteiger partial charge on any atom is 0.285 e. The predicted molar refractivity (Wildman–Crippen MR) is 89.0 cm³/mol. The minimum Gasteiger partial charge on any atom is -0.258 e. The average molecular weight is 361 g/mol. The van der Waals surface area contributed by atoms with Crippen LogP contribution >= 0.6 is 0 Å². The summed E-state index contributed by atoms with van der Waals surface area (Å²) in [5, 5.41) is 22.2. The molecule has 0 aliphatic heterocycles. The number of aromatic nitrogens is 1. The van der Waals surface area contributed by atoms with Crippen molar-refractivity contribution >= 4 is 32.3 Å². The van der Waals surface area contributed by atoms with Crippen LogP contribution in [-0.2, 0) is 10.0 Å². The first-order chi connectivity index (χ1) is 11.7. The summed E-state index contributed by atoms with van der Waals surface area (Å²) in [6, 6.07) is 9.11. The lowest BCUT2D eigenvalue weighted by Crippen LogP contribution is -2.12. The summed E-state index contributed by atoms with van der Waals surface area (Å²) in [6.07, 6.45) is 1.15. The van der Waals surface area contributed by atoms with Gasteiger partial charge < -0.3 is 0 Å². The van der Waals surface area contributed by atoms with Gasteiger partial charge in [-0.3, -0.25) is 20.2 Å². The largest absolute Gasteiger partial charge is 0.285 e. The number of non-ortho nitro benzene ring substituents is 2. The van der Waals surface area contributed by atoms with Crippen LogP contribution in [-0.4, -0.2) is 22.2 Å². The molecule has 2 aromatic carbocycles. The van der Waals surface area contributed by atoms with Crippen molar-refractivity contribution in [3.05, 3.63) is 74.5 Å². The molecule has 0 aliphatic rings. The highest BCUT2D eigenvalue weighted by Crippen LogP contribution is 2.33. The van der Waals surface area contributed by atoms with Crippen LogP contribution in [0.15, 0.2) is 53.6 Å². The van der Waals surface area contributed by atoms with Gasteiger partial charge in [-0.25, -0.2) is 12.4 Å². The van der Waals surface area contributed by atoms with Crippen molar-refractivity contribution in [3.8, 4) is 0 Å². The van der Waals surface area contributed by atoms with E-state index in [1.807, 2.05) is 0 Å². The molecular formula is C15H11N3O6S. The third-order valence-electron chi connectivity index (χ3n) is 3.72. The van der Waals surface area contributed by atoms with E-state index in [-0.39, 0.29) is 15.8 Å². The maximum atomic E-state index is 12.8. The van der Waals surface area contributed by atoms with Crippen LogP contribution in [0.1, 0.15) is 5.56 Å². The Morgan fingerprint density at radius 2 is 1.60 bits per heavy atom. The van der Waals surface area contributed by atoms with Gasteiger partial charge in [-0.05, 0) is 25.1 Å². The molecule has 1 heterocycles. The molecule has 0 saturated heterocycles. The van der Waals surface area contributed by atoms with Gasteiger partial charge in [-0.1, -0.05) is 17.7 Å². The van der Waals surface area contributed by atoms with Crippen LogP contribution in [0.25, 0.3) is 10.9 Å². The number of nitro benzene ring substituents is 2. The summed E-state index contributed by atoms with van der Waals surface area (Å²) in [5.41, 5.74) is -0.343. The lowest BCUT2D eigenvalue weighted by atomic mass is 10.2. The van der Waals surface area contributed by atoms with E-state index in [1.54, 1.807) is 19.1 Å². The normalized spacial score (nSPS) is 11.6. The Bertz CT molecular complexity index is 1120. The minimum absolute atomic E-state index is 0.00582. The van der Waals surface area contributed by atoms with Crippen molar-refractivity contribution in [2.75, 3.05) is 0 Å². The highest BCUT2D eigenvalue weighted by atomic mass is 32.2. The molecule has 0 spiro atoms. The average Bonchev–Trinajstić information content (AvgIpc) is 2.98. The van der Waals surface area contributed by atoms with Gasteiger partial charge in [0, 0.05) is 12.3 Å². The fraction of sp³-hybridized carbons (Fsp3) is 0.0667. The summed E-state index contributed by atoms with van der Waals surface area (Å²) >= 11 is 0. The Balaban J connectivity index is 2.32. The molecule has 0 amide bonds. The fourth-order valence-electron chi connectivity index (χ4n) is 2.47. The Labute approximate surface area is 141 Å². The van der Waals surface area contributed by atoms with Crippen molar-refractivity contribution in [3.63, 3.8) is 0 Å². The lowest BCUT2D eigenvalue weighted by Gasteiger charge is -2.08. The van der Waals surface area contributed by atoms with Crippen molar-refractivity contribution in [2.24, 2.45) is 0 Å². The van der Waals surface area contributed by atoms with Gasteiger partial charge >= 0.3 is 0 Å². The first kappa shape index (κ1) is 16.6. The molecule has 0 fully saturated rings. The number of benzene rings is 2. The van der Waals surface area contributed by atoms with E-state index < -0.39 is 31.2 Å². The predicted octanol–water partition coefficient (Wildman–Crippen LogP) is 3.00. The number of nitrogens with zero attached hydrogens (tertiary/aromatic N) is 3. The monoisotopic (exact) mass is 361 g/mol. The van der Waals surface area contributed by atoms with Crippen molar-refractivity contribution in [1.82, 2.24) is 3.97 Å². The van der Waals surface area contributed by atoms with Gasteiger partial charge in [0.2, 0.25) is 0 Å². The molecule has 0 saturated carbocycles. The Morgan fingerprint density at radius 3 is 2.16 bits per heavy atom. The fourth-order valence-corrected chi connectivity index (χ4v) is 3.81. The van der Waals surface area contributed by atoms with Crippen LogP contribution < -0.4 is 0 Å². The molecule has 0 N–H and O–H groups in total. The summed E-state index contributed by atoms with van der Waals surface area (Å²) in [5.74, 6) is 0. The van der Waals surface area contributed by atoms with Gasteiger partial charge in [-0.15, -0.1) is 0 Å². The lowest BCUT2D eigenvalue weighted by molar-refractivity contribution is -0.393. The molecule has 0 aliphatic carbocycles. The zero-order valence-electron chi connectivity index (χ0n) is 12.8. The third kappa shape index (κ3) is 2.72. The Hall–Kier alpha value is -3.27. The Morgan fingerprint density at radius 1 is 0.960 bits per heavy atom. The number of hydrogen-bond donors (Lipinski definition) is 0.